The maximum Gasteiger partial charge on any atom is 0.244 e. The van der Waals surface area contributed by atoms with Crippen LogP contribution in [0.25, 0.3) is 0 Å². The van der Waals surface area contributed by atoms with Gasteiger partial charge >= 0.3 is 0 Å². The van der Waals surface area contributed by atoms with Gasteiger partial charge in [-0.3, -0.25) is 14.5 Å². The number of hydrogen-bond donors (Lipinski definition) is 0. The van der Waals surface area contributed by atoms with Gasteiger partial charge in [0, 0.05) is 32.1 Å². The highest BCUT2D eigenvalue weighted by Gasteiger charge is 2.36. The Balaban J connectivity index is 1.43. The largest absolute Gasteiger partial charge is 0.342 e. The molecule has 0 bridgehead atoms. The van der Waals surface area contributed by atoms with Gasteiger partial charge in [0.2, 0.25) is 11.8 Å². The Morgan fingerprint density at radius 3 is 1.86 bits per heavy atom. The van der Waals surface area contributed by atoms with E-state index in [0.717, 1.165) is 83.4 Å². The molecule has 0 radical (unpaired) electrons. The van der Waals surface area contributed by atoms with E-state index in [1.165, 1.54) is 12.8 Å². The van der Waals surface area contributed by atoms with Gasteiger partial charge in [0.25, 0.3) is 0 Å². The van der Waals surface area contributed by atoms with E-state index in [-0.39, 0.29) is 17.9 Å². The van der Waals surface area contributed by atoms with Gasteiger partial charge in [-0.2, -0.15) is 0 Å². The van der Waals surface area contributed by atoms with Crippen LogP contribution >= 0.6 is 0 Å². The van der Waals surface area contributed by atoms with Gasteiger partial charge in [-0.05, 0) is 70.0 Å². The second kappa shape index (κ2) is 9.75. The van der Waals surface area contributed by atoms with E-state index in [1.807, 2.05) is 18.2 Å². The van der Waals surface area contributed by atoms with Crippen molar-refractivity contribution < 1.29 is 9.59 Å². The van der Waals surface area contributed by atoms with E-state index in [4.69, 9.17) is 0 Å². The number of amides is 2. The minimum absolute atomic E-state index is 0.130. The summed E-state index contributed by atoms with van der Waals surface area (Å²) in [5, 5.41) is 0. The molecule has 1 atom stereocenters. The minimum Gasteiger partial charge on any atom is -0.342 e. The third-order valence-electron chi connectivity index (χ3n) is 6.93. The lowest BCUT2D eigenvalue weighted by Crippen LogP contribution is -2.49. The molecule has 3 aliphatic heterocycles. The van der Waals surface area contributed by atoms with E-state index in [1.54, 1.807) is 0 Å². The lowest BCUT2D eigenvalue weighted by atomic mass is 9.91. The van der Waals surface area contributed by atoms with E-state index in [2.05, 4.69) is 26.8 Å². The zero-order chi connectivity index (χ0) is 20.1. The summed E-state index contributed by atoms with van der Waals surface area (Å²) in [6, 6.07) is 10.0. The molecule has 0 saturated carbocycles. The second-order valence-corrected chi connectivity index (χ2v) is 8.90. The minimum atomic E-state index is -0.208. The van der Waals surface area contributed by atoms with Crippen molar-refractivity contribution >= 4 is 11.8 Å². The van der Waals surface area contributed by atoms with Gasteiger partial charge in [-0.25, -0.2) is 0 Å². The van der Waals surface area contributed by atoms with Crippen molar-refractivity contribution in [3.05, 3.63) is 35.9 Å². The fourth-order valence-electron chi connectivity index (χ4n) is 5.21. The molecular formula is C24H35N3O2. The Morgan fingerprint density at radius 2 is 1.28 bits per heavy atom. The summed E-state index contributed by atoms with van der Waals surface area (Å²) in [7, 11) is 0. The van der Waals surface area contributed by atoms with Crippen LogP contribution in [0.3, 0.4) is 0 Å². The van der Waals surface area contributed by atoms with Crippen LogP contribution in [-0.2, 0) is 9.59 Å². The van der Waals surface area contributed by atoms with Gasteiger partial charge < -0.3 is 9.80 Å². The van der Waals surface area contributed by atoms with Crippen molar-refractivity contribution in [1.29, 1.82) is 0 Å². The highest BCUT2D eigenvalue weighted by atomic mass is 16.2. The predicted molar refractivity (Wildman–Crippen MR) is 114 cm³/mol. The average molecular weight is 398 g/mol. The van der Waals surface area contributed by atoms with Crippen LogP contribution in [0.5, 0.6) is 0 Å². The molecule has 2 amide bonds. The second-order valence-electron chi connectivity index (χ2n) is 8.90. The lowest BCUT2D eigenvalue weighted by Gasteiger charge is -2.40. The summed E-state index contributed by atoms with van der Waals surface area (Å²) in [4.78, 5) is 32.9. The Labute approximate surface area is 175 Å². The molecule has 1 aromatic carbocycles. The Hall–Kier alpha value is -1.88. The number of likely N-dealkylation sites (tertiary alicyclic amines) is 3. The highest BCUT2D eigenvalue weighted by Crippen LogP contribution is 2.30. The van der Waals surface area contributed by atoms with Crippen LogP contribution < -0.4 is 0 Å². The van der Waals surface area contributed by atoms with Crippen LogP contribution in [0, 0.1) is 5.92 Å². The summed E-state index contributed by atoms with van der Waals surface area (Å²) in [6.45, 7) is 5.27. The third kappa shape index (κ3) is 4.82. The molecule has 3 aliphatic rings. The maximum absolute atomic E-state index is 13.5. The molecule has 3 saturated heterocycles. The number of benzene rings is 1. The molecule has 3 heterocycles. The first-order valence-electron chi connectivity index (χ1n) is 11.6. The van der Waals surface area contributed by atoms with Crippen molar-refractivity contribution in [2.75, 3.05) is 39.3 Å². The van der Waals surface area contributed by atoms with Crippen LogP contribution in [0.2, 0.25) is 0 Å². The molecule has 5 heteroatoms. The van der Waals surface area contributed by atoms with Gasteiger partial charge in [0.15, 0.2) is 0 Å². The SMILES string of the molecule is O=C(C1CCN(C(C(=O)N2CCCCC2)c2ccccc2)CC1)N1CCCCC1. The molecule has 0 aromatic heterocycles. The predicted octanol–water partition coefficient (Wildman–Crippen LogP) is 3.46. The van der Waals surface area contributed by atoms with Crippen molar-refractivity contribution in [2.45, 2.75) is 57.4 Å². The Bertz CT molecular complexity index is 673. The molecule has 0 spiro atoms. The molecule has 0 N–H and O–H groups in total. The standard InChI is InChI=1S/C24H35N3O2/c28-23(26-14-6-2-7-15-26)21-12-18-25(19-13-21)22(20-10-4-1-5-11-20)24(29)27-16-8-3-9-17-27/h1,4-5,10-11,21-22H,2-3,6-9,12-19H2. The Morgan fingerprint density at radius 1 is 0.724 bits per heavy atom. The van der Waals surface area contributed by atoms with Gasteiger partial charge in [0.1, 0.15) is 6.04 Å². The number of rotatable bonds is 4. The third-order valence-corrected chi connectivity index (χ3v) is 6.93. The van der Waals surface area contributed by atoms with Crippen LogP contribution in [0.1, 0.15) is 63.0 Å². The molecular weight excluding hydrogens is 362 g/mol. The van der Waals surface area contributed by atoms with E-state index < -0.39 is 0 Å². The van der Waals surface area contributed by atoms with Gasteiger partial charge in [-0.15, -0.1) is 0 Å². The summed E-state index contributed by atoms with van der Waals surface area (Å²) in [5.74, 6) is 0.727. The van der Waals surface area contributed by atoms with Gasteiger partial charge in [0.05, 0.1) is 0 Å². The van der Waals surface area contributed by atoms with E-state index in [0.29, 0.717) is 5.91 Å². The van der Waals surface area contributed by atoms with Crippen molar-refractivity contribution in [3.63, 3.8) is 0 Å². The van der Waals surface area contributed by atoms with Crippen LogP contribution in [-0.4, -0.2) is 65.8 Å². The molecule has 4 rings (SSSR count). The number of piperidine rings is 3. The van der Waals surface area contributed by atoms with Gasteiger partial charge in [-0.1, -0.05) is 30.3 Å². The van der Waals surface area contributed by atoms with E-state index >= 15 is 0 Å². The number of hydrogen-bond acceptors (Lipinski definition) is 3. The highest BCUT2D eigenvalue weighted by molar-refractivity contribution is 5.83. The first-order chi connectivity index (χ1) is 14.2. The normalized spacial score (nSPS) is 23.0. The quantitative estimate of drug-likeness (QED) is 0.781. The summed E-state index contributed by atoms with van der Waals surface area (Å²) in [5.41, 5.74) is 1.09. The monoisotopic (exact) mass is 397 g/mol. The maximum atomic E-state index is 13.5. The van der Waals surface area contributed by atoms with Crippen LogP contribution in [0.4, 0.5) is 0 Å². The van der Waals surface area contributed by atoms with Crippen molar-refractivity contribution in [2.24, 2.45) is 5.92 Å². The first kappa shape index (κ1) is 20.4. The fourth-order valence-corrected chi connectivity index (χ4v) is 5.21. The van der Waals surface area contributed by atoms with Crippen molar-refractivity contribution in [1.82, 2.24) is 14.7 Å². The summed E-state index contributed by atoms with van der Waals surface area (Å²) < 4.78 is 0. The lowest BCUT2D eigenvalue weighted by molar-refractivity contribution is -0.141. The average Bonchev–Trinajstić information content (AvgIpc) is 2.81. The Kier molecular flexibility index (Phi) is 6.86. The molecule has 29 heavy (non-hydrogen) atoms. The smallest absolute Gasteiger partial charge is 0.244 e. The molecule has 3 fully saturated rings. The summed E-state index contributed by atoms with van der Waals surface area (Å²) >= 11 is 0. The fraction of sp³-hybridized carbons (Fsp3) is 0.667. The first-order valence-corrected chi connectivity index (χ1v) is 11.6. The zero-order valence-electron chi connectivity index (χ0n) is 17.6. The number of carbonyl (C=O) groups excluding carboxylic acids is 2. The van der Waals surface area contributed by atoms with Crippen LogP contribution in [0.15, 0.2) is 30.3 Å². The summed E-state index contributed by atoms with van der Waals surface area (Å²) in [6.07, 6.45) is 8.72. The van der Waals surface area contributed by atoms with Crippen molar-refractivity contribution in [3.8, 4) is 0 Å². The molecule has 1 unspecified atom stereocenters. The molecule has 1 aromatic rings. The molecule has 158 valence electrons. The number of nitrogens with zero attached hydrogens (tertiary/aromatic N) is 3. The topological polar surface area (TPSA) is 43.9 Å². The number of carbonyl (C=O) groups is 2. The molecule has 5 nitrogen and oxygen atoms in total. The van der Waals surface area contributed by atoms with E-state index in [9.17, 15) is 9.59 Å². The zero-order valence-corrected chi connectivity index (χ0v) is 17.6. The molecule has 0 aliphatic carbocycles.